The summed E-state index contributed by atoms with van der Waals surface area (Å²) >= 11 is 0. The largest absolute Gasteiger partial charge is 0.307 e. The molecular weight excluding hydrogens is 588 g/mol. The van der Waals surface area contributed by atoms with Crippen LogP contribution in [0.25, 0.3) is 49.7 Å². The zero-order valence-corrected chi connectivity index (χ0v) is 28.1. The van der Waals surface area contributed by atoms with Crippen molar-refractivity contribution < 1.29 is 9.59 Å². The smallest absolute Gasteiger partial charge is 0.268 e. The molecule has 0 atom stereocenters. The Morgan fingerprint density at radius 1 is 0.438 bits per heavy atom. The fraction of sp³-hybridized carbons (Fsp3) is 0.136. The predicted molar refractivity (Wildman–Crippen MR) is 198 cm³/mol. The van der Waals surface area contributed by atoms with E-state index in [1.807, 2.05) is 42.5 Å². The molecular formula is C44H36N2O2. The van der Waals surface area contributed by atoms with Crippen molar-refractivity contribution in [3.05, 3.63) is 154 Å². The average Bonchev–Trinajstić information content (AvgIpc) is 3.52. The maximum atomic E-state index is 14.5. The SMILES string of the molecule is Cc1cc(C)c(-c2cccc3c4cccc(-c5c(C)cc(C)cc5C)c4n(-c4cccc5c4C(=O)N(c4ccccc4)C5=O)c23)c(C)c1. The van der Waals surface area contributed by atoms with Crippen molar-refractivity contribution in [2.45, 2.75) is 41.5 Å². The minimum atomic E-state index is -0.313. The van der Waals surface area contributed by atoms with Crippen LogP contribution in [-0.4, -0.2) is 16.4 Å². The van der Waals surface area contributed by atoms with Crippen molar-refractivity contribution >= 4 is 39.3 Å². The molecule has 0 fully saturated rings. The zero-order chi connectivity index (χ0) is 33.4. The number of nitrogens with zero attached hydrogens (tertiary/aromatic N) is 2. The van der Waals surface area contributed by atoms with Gasteiger partial charge < -0.3 is 4.57 Å². The second-order valence-corrected chi connectivity index (χ2v) is 13.3. The lowest BCUT2D eigenvalue weighted by molar-refractivity contribution is 0.0926. The lowest BCUT2D eigenvalue weighted by Crippen LogP contribution is -2.29. The monoisotopic (exact) mass is 624 g/mol. The standard InChI is InChI=1S/C44H36N2O2/c1-25-21-27(3)38(28(4)22-25)34-17-10-15-32-33-16-11-18-35(39-29(5)23-26(2)24-30(39)6)42(33)46(41(32)34)37-20-12-19-36-40(37)44(48)45(43(36)47)31-13-8-7-9-14-31/h7-24H,1-6H3. The van der Waals surface area contributed by atoms with Gasteiger partial charge >= 0.3 is 0 Å². The van der Waals surface area contributed by atoms with Crippen molar-refractivity contribution in [3.8, 4) is 27.9 Å². The minimum absolute atomic E-state index is 0.306. The third-order valence-electron chi connectivity index (χ3n) is 9.85. The van der Waals surface area contributed by atoms with Crippen LogP contribution in [0.4, 0.5) is 5.69 Å². The number of imide groups is 1. The van der Waals surface area contributed by atoms with Gasteiger partial charge in [-0.25, -0.2) is 4.90 Å². The van der Waals surface area contributed by atoms with E-state index in [0.29, 0.717) is 22.5 Å². The number of anilines is 1. The minimum Gasteiger partial charge on any atom is -0.307 e. The molecule has 1 aromatic heterocycles. The van der Waals surface area contributed by atoms with E-state index in [2.05, 4.69) is 107 Å². The van der Waals surface area contributed by atoms with E-state index in [0.717, 1.165) is 32.9 Å². The number of aromatic nitrogens is 1. The van der Waals surface area contributed by atoms with Gasteiger partial charge in [0.2, 0.25) is 0 Å². The molecule has 2 amide bonds. The van der Waals surface area contributed by atoms with Gasteiger partial charge in [0.05, 0.1) is 33.5 Å². The van der Waals surface area contributed by atoms with Gasteiger partial charge in [0, 0.05) is 21.9 Å². The maximum absolute atomic E-state index is 14.5. The second-order valence-electron chi connectivity index (χ2n) is 13.3. The van der Waals surface area contributed by atoms with Crippen molar-refractivity contribution in [2.75, 3.05) is 4.90 Å². The number of hydrogen-bond acceptors (Lipinski definition) is 2. The number of hydrogen-bond donors (Lipinski definition) is 0. The fourth-order valence-corrected chi connectivity index (χ4v) is 8.23. The second kappa shape index (κ2) is 10.9. The van der Waals surface area contributed by atoms with Gasteiger partial charge in [0.25, 0.3) is 11.8 Å². The molecule has 48 heavy (non-hydrogen) atoms. The Hall–Kier alpha value is -5.74. The first kappa shape index (κ1) is 29.6. The first-order valence-electron chi connectivity index (χ1n) is 16.5. The molecule has 0 unspecified atom stereocenters. The van der Waals surface area contributed by atoms with E-state index in [-0.39, 0.29) is 11.8 Å². The summed E-state index contributed by atoms with van der Waals surface area (Å²) < 4.78 is 2.27. The summed E-state index contributed by atoms with van der Waals surface area (Å²) in [5, 5.41) is 2.20. The van der Waals surface area contributed by atoms with Crippen LogP contribution in [0.15, 0.2) is 109 Å². The van der Waals surface area contributed by atoms with Crippen molar-refractivity contribution in [3.63, 3.8) is 0 Å². The molecule has 4 nitrogen and oxygen atoms in total. The molecule has 1 aliphatic rings. The Labute approximate surface area is 280 Å². The summed E-state index contributed by atoms with van der Waals surface area (Å²) in [7, 11) is 0. The number of para-hydroxylation sites is 3. The number of benzene rings is 6. The summed E-state index contributed by atoms with van der Waals surface area (Å²) in [5.41, 5.74) is 15.9. The highest BCUT2D eigenvalue weighted by molar-refractivity contribution is 6.36. The summed E-state index contributed by atoms with van der Waals surface area (Å²) in [6, 6.07) is 36.8. The molecule has 1 aliphatic heterocycles. The van der Waals surface area contributed by atoms with Crippen LogP contribution < -0.4 is 4.90 Å². The summed E-state index contributed by atoms with van der Waals surface area (Å²) in [4.78, 5) is 29.8. The highest BCUT2D eigenvalue weighted by Gasteiger charge is 2.39. The number of carbonyl (C=O) groups excluding carboxylic acids is 2. The Morgan fingerprint density at radius 3 is 1.40 bits per heavy atom. The average molecular weight is 625 g/mol. The normalized spacial score (nSPS) is 12.8. The van der Waals surface area contributed by atoms with Gasteiger partial charge in [0.15, 0.2) is 0 Å². The Bertz CT molecular complexity index is 2340. The molecule has 2 heterocycles. The van der Waals surface area contributed by atoms with Crippen LogP contribution in [0, 0.1) is 41.5 Å². The van der Waals surface area contributed by atoms with Crippen LogP contribution in [0.5, 0.6) is 0 Å². The van der Waals surface area contributed by atoms with Crippen LogP contribution >= 0.6 is 0 Å². The maximum Gasteiger partial charge on any atom is 0.268 e. The number of rotatable bonds is 4. The lowest BCUT2D eigenvalue weighted by Gasteiger charge is -2.19. The van der Waals surface area contributed by atoms with Crippen molar-refractivity contribution in [2.24, 2.45) is 0 Å². The molecule has 0 radical (unpaired) electrons. The summed E-state index contributed by atoms with van der Waals surface area (Å²) in [5.74, 6) is -0.619. The Kier molecular flexibility index (Phi) is 6.74. The van der Waals surface area contributed by atoms with Gasteiger partial charge in [-0.05, 0) is 99.2 Å². The van der Waals surface area contributed by atoms with Crippen LogP contribution in [0.2, 0.25) is 0 Å². The van der Waals surface area contributed by atoms with E-state index >= 15 is 0 Å². The molecule has 0 spiro atoms. The van der Waals surface area contributed by atoms with Crippen molar-refractivity contribution in [1.29, 1.82) is 0 Å². The van der Waals surface area contributed by atoms with E-state index in [1.54, 1.807) is 6.07 Å². The molecule has 0 saturated carbocycles. The first-order valence-corrected chi connectivity index (χ1v) is 16.5. The van der Waals surface area contributed by atoms with Gasteiger partial charge in [0.1, 0.15) is 0 Å². The molecule has 7 aromatic rings. The Balaban J connectivity index is 1.55. The van der Waals surface area contributed by atoms with Gasteiger partial charge in [-0.15, -0.1) is 0 Å². The molecule has 4 heteroatoms. The predicted octanol–water partition coefficient (Wildman–Crippen LogP) is 10.8. The molecule has 0 aliphatic carbocycles. The van der Waals surface area contributed by atoms with Crippen LogP contribution in [-0.2, 0) is 0 Å². The van der Waals surface area contributed by atoms with E-state index < -0.39 is 0 Å². The van der Waals surface area contributed by atoms with Crippen LogP contribution in [0.3, 0.4) is 0 Å². The first-order chi connectivity index (χ1) is 23.2. The molecule has 0 saturated heterocycles. The highest BCUT2D eigenvalue weighted by Crippen LogP contribution is 2.46. The quantitative estimate of drug-likeness (QED) is 0.183. The summed E-state index contributed by atoms with van der Waals surface area (Å²) in [6.45, 7) is 13.0. The number of amides is 2. The third kappa shape index (κ3) is 4.29. The third-order valence-corrected chi connectivity index (χ3v) is 9.85. The fourth-order valence-electron chi connectivity index (χ4n) is 8.23. The number of carbonyl (C=O) groups is 2. The van der Waals surface area contributed by atoms with Crippen LogP contribution in [0.1, 0.15) is 54.1 Å². The topological polar surface area (TPSA) is 42.3 Å². The lowest BCUT2D eigenvalue weighted by atomic mass is 9.91. The van der Waals surface area contributed by atoms with E-state index in [9.17, 15) is 9.59 Å². The van der Waals surface area contributed by atoms with Gasteiger partial charge in [-0.2, -0.15) is 0 Å². The van der Waals surface area contributed by atoms with E-state index in [1.165, 1.54) is 49.4 Å². The Morgan fingerprint density at radius 2 is 0.896 bits per heavy atom. The zero-order valence-electron chi connectivity index (χ0n) is 28.1. The summed E-state index contributed by atoms with van der Waals surface area (Å²) in [6.07, 6.45) is 0. The van der Waals surface area contributed by atoms with Gasteiger partial charge in [-0.1, -0.05) is 96.1 Å². The molecule has 6 aromatic carbocycles. The number of fused-ring (bicyclic) bond motifs is 4. The molecule has 8 rings (SSSR count). The molecule has 0 N–H and O–H groups in total. The van der Waals surface area contributed by atoms with E-state index in [4.69, 9.17) is 0 Å². The number of aryl methyl sites for hydroxylation is 6. The molecule has 0 bridgehead atoms. The van der Waals surface area contributed by atoms with Gasteiger partial charge in [-0.3, -0.25) is 9.59 Å². The highest BCUT2D eigenvalue weighted by atomic mass is 16.2. The molecule has 234 valence electrons. The van der Waals surface area contributed by atoms with Crippen molar-refractivity contribution in [1.82, 2.24) is 4.57 Å².